The molecular formula is C16H20Cl2N2O2. The Morgan fingerprint density at radius 3 is 2.59 bits per heavy atom. The number of benzene rings is 1. The summed E-state index contributed by atoms with van der Waals surface area (Å²) < 4.78 is 0. The van der Waals surface area contributed by atoms with Gasteiger partial charge in [0.15, 0.2) is 0 Å². The quantitative estimate of drug-likeness (QED) is 0.893. The number of nitrogens with zero attached hydrogens (tertiary/aromatic N) is 1. The van der Waals surface area contributed by atoms with Crippen LogP contribution in [0.5, 0.6) is 0 Å². The molecule has 1 saturated heterocycles. The summed E-state index contributed by atoms with van der Waals surface area (Å²) in [5.41, 5.74) is 0.840. The smallest absolute Gasteiger partial charge is 0.241 e. The zero-order valence-electron chi connectivity index (χ0n) is 12.4. The molecule has 1 aliphatic heterocycles. The van der Waals surface area contributed by atoms with Crippen LogP contribution in [0.4, 0.5) is 0 Å². The lowest BCUT2D eigenvalue weighted by molar-refractivity contribution is -0.133. The number of hydrogen-bond acceptors (Lipinski definition) is 2. The summed E-state index contributed by atoms with van der Waals surface area (Å²) in [5, 5.41) is 3.65. The SMILES string of the molecule is O=C(CCc1cccc(Cl)c1Cl)NCC(=O)N1CCCCC1. The highest BCUT2D eigenvalue weighted by Crippen LogP contribution is 2.26. The van der Waals surface area contributed by atoms with Gasteiger partial charge in [0.1, 0.15) is 0 Å². The Balaban J connectivity index is 1.73. The van der Waals surface area contributed by atoms with E-state index in [1.807, 2.05) is 11.0 Å². The van der Waals surface area contributed by atoms with Crippen molar-refractivity contribution in [2.45, 2.75) is 32.1 Å². The van der Waals surface area contributed by atoms with Gasteiger partial charge in [0.25, 0.3) is 0 Å². The van der Waals surface area contributed by atoms with E-state index in [0.29, 0.717) is 16.5 Å². The number of nitrogens with one attached hydrogen (secondary N) is 1. The lowest BCUT2D eigenvalue weighted by Crippen LogP contribution is -2.42. The first-order chi connectivity index (χ1) is 10.6. The number of carbonyl (C=O) groups excluding carboxylic acids is 2. The molecule has 0 radical (unpaired) electrons. The summed E-state index contributed by atoms with van der Waals surface area (Å²) in [4.78, 5) is 25.6. The van der Waals surface area contributed by atoms with Gasteiger partial charge in [-0.2, -0.15) is 0 Å². The van der Waals surface area contributed by atoms with Crippen molar-refractivity contribution in [3.8, 4) is 0 Å². The van der Waals surface area contributed by atoms with Gasteiger partial charge in [0, 0.05) is 19.5 Å². The second-order valence-electron chi connectivity index (χ2n) is 5.43. The fraction of sp³-hybridized carbons (Fsp3) is 0.500. The Labute approximate surface area is 140 Å². The van der Waals surface area contributed by atoms with Crippen molar-refractivity contribution >= 4 is 35.0 Å². The van der Waals surface area contributed by atoms with Crippen molar-refractivity contribution in [1.29, 1.82) is 0 Å². The molecule has 0 aliphatic carbocycles. The Morgan fingerprint density at radius 1 is 1.14 bits per heavy atom. The minimum atomic E-state index is -0.151. The predicted molar refractivity (Wildman–Crippen MR) is 88.2 cm³/mol. The summed E-state index contributed by atoms with van der Waals surface area (Å²) in [6, 6.07) is 5.37. The number of rotatable bonds is 5. The molecule has 1 N–H and O–H groups in total. The molecule has 120 valence electrons. The number of amides is 2. The zero-order chi connectivity index (χ0) is 15.9. The van der Waals surface area contributed by atoms with E-state index >= 15 is 0 Å². The van der Waals surface area contributed by atoms with Crippen molar-refractivity contribution < 1.29 is 9.59 Å². The van der Waals surface area contributed by atoms with Crippen LogP contribution in [0.2, 0.25) is 10.0 Å². The van der Waals surface area contributed by atoms with Crippen molar-refractivity contribution in [2.24, 2.45) is 0 Å². The maximum atomic E-state index is 11.9. The Bertz CT molecular complexity index is 543. The van der Waals surface area contributed by atoms with E-state index in [1.54, 1.807) is 12.1 Å². The monoisotopic (exact) mass is 342 g/mol. The third-order valence-corrected chi connectivity index (χ3v) is 4.66. The minimum absolute atomic E-state index is 0.00571. The van der Waals surface area contributed by atoms with Gasteiger partial charge in [0.05, 0.1) is 16.6 Å². The molecule has 22 heavy (non-hydrogen) atoms. The molecule has 1 heterocycles. The standard InChI is InChI=1S/C16H20Cl2N2O2/c17-13-6-4-5-12(16(13)18)7-8-14(21)19-11-15(22)20-9-2-1-3-10-20/h4-6H,1-3,7-11H2,(H,19,21). The average molecular weight is 343 g/mol. The molecule has 0 aromatic heterocycles. The maximum absolute atomic E-state index is 11.9. The third-order valence-electron chi connectivity index (χ3n) is 3.80. The molecule has 1 aliphatic rings. The van der Waals surface area contributed by atoms with Gasteiger partial charge in [0.2, 0.25) is 11.8 Å². The molecule has 6 heteroatoms. The zero-order valence-corrected chi connectivity index (χ0v) is 13.9. The Kier molecular flexibility index (Phi) is 6.52. The Morgan fingerprint density at radius 2 is 1.86 bits per heavy atom. The fourth-order valence-electron chi connectivity index (χ4n) is 2.51. The molecule has 2 amide bonds. The number of halogens is 2. The average Bonchev–Trinajstić information content (AvgIpc) is 2.54. The molecule has 0 bridgehead atoms. The fourth-order valence-corrected chi connectivity index (χ4v) is 2.92. The summed E-state index contributed by atoms with van der Waals surface area (Å²) in [5.74, 6) is -0.157. The molecule has 2 rings (SSSR count). The van der Waals surface area contributed by atoms with Crippen molar-refractivity contribution in [3.05, 3.63) is 33.8 Å². The number of aryl methyl sites for hydroxylation is 1. The summed E-state index contributed by atoms with van der Waals surface area (Å²) in [6.45, 7) is 1.67. The number of hydrogen-bond donors (Lipinski definition) is 1. The first-order valence-electron chi connectivity index (χ1n) is 7.55. The van der Waals surface area contributed by atoms with Gasteiger partial charge in [-0.3, -0.25) is 9.59 Å². The molecule has 0 atom stereocenters. The van der Waals surface area contributed by atoms with Crippen LogP contribution in [0.15, 0.2) is 18.2 Å². The van der Waals surface area contributed by atoms with E-state index in [1.165, 1.54) is 6.42 Å². The topological polar surface area (TPSA) is 49.4 Å². The molecule has 0 saturated carbocycles. The van der Waals surface area contributed by atoms with Gasteiger partial charge in [-0.15, -0.1) is 0 Å². The predicted octanol–water partition coefficient (Wildman–Crippen LogP) is 3.05. The van der Waals surface area contributed by atoms with Crippen LogP contribution in [0, 0.1) is 0 Å². The summed E-state index contributed by atoms with van der Waals surface area (Å²) in [7, 11) is 0. The molecule has 0 unspecified atom stereocenters. The van der Waals surface area contributed by atoms with Crippen LogP contribution in [0.3, 0.4) is 0 Å². The van der Waals surface area contributed by atoms with Gasteiger partial charge in [-0.1, -0.05) is 35.3 Å². The Hall–Kier alpha value is -1.26. The number of carbonyl (C=O) groups is 2. The van der Waals surface area contributed by atoms with Crippen LogP contribution < -0.4 is 5.32 Å². The summed E-state index contributed by atoms with van der Waals surface area (Å²) >= 11 is 12.0. The molecular weight excluding hydrogens is 323 g/mol. The molecule has 1 fully saturated rings. The number of piperidine rings is 1. The normalized spacial score (nSPS) is 14.7. The van der Waals surface area contributed by atoms with Gasteiger partial charge in [-0.25, -0.2) is 0 Å². The first-order valence-corrected chi connectivity index (χ1v) is 8.31. The van der Waals surface area contributed by atoms with Crippen LogP contribution in [-0.4, -0.2) is 36.3 Å². The first kappa shape index (κ1) is 17.1. The highest BCUT2D eigenvalue weighted by Gasteiger charge is 2.16. The largest absolute Gasteiger partial charge is 0.347 e. The van der Waals surface area contributed by atoms with Crippen molar-refractivity contribution in [1.82, 2.24) is 10.2 Å². The molecule has 1 aromatic carbocycles. The van der Waals surface area contributed by atoms with Gasteiger partial charge < -0.3 is 10.2 Å². The van der Waals surface area contributed by atoms with Crippen molar-refractivity contribution in [2.75, 3.05) is 19.6 Å². The third kappa shape index (κ3) is 4.89. The van der Waals surface area contributed by atoms with Gasteiger partial charge in [-0.05, 0) is 37.3 Å². The van der Waals surface area contributed by atoms with Crippen molar-refractivity contribution in [3.63, 3.8) is 0 Å². The van der Waals surface area contributed by atoms with E-state index in [2.05, 4.69) is 5.32 Å². The summed E-state index contributed by atoms with van der Waals surface area (Å²) in [6.07, 6.45) is 4.06. The molecule has 4 nitrogen and oxygen atoms in total. The second-order valence-corrected chi connectivity index (χ2v) is 6.22. The van der Waals surface area contributed by atoms with Gasteiger partial charge >= 0.3 is 0 Å². The lowest BCUT2D eigenvalue weighted by Gasteiger charge is -2.26. The minimum Gasteiger partial charge on any atom is -0.347 e. The molecule has 1 aromatic rings. The van der Waals surface area contributed by atoms with E-state index in [-0.39, 0.29) is 24.8 Å². The van der Waals surface area contributed by atoms with E-state index in [9.17, 15) is 9.59 Å². The van der Waals surface area contributed by atoms with Crippen LogP contribution in [0.1, 0.15) is 31.2 Å². The van der Waals surface area contributed by atoms with E-state index in [4.69, 9.17) is 23.2 Å². The van der Waals surface area contributed by atoms with Crippen LogP contribution >= 0.6 is 23.2 Å². The van der Waals surface area contributed by atoms with E-state index in [0.717, 1.165) is 31.5 Å². The van der Waals surface area contributed by atoms with E-state index < -0.39 is 0 Å². The highest BCUT2D eigenvalue weighted by molar-refractivity contribution is 6.42. The maximum Gasteiger partial charge on any atom is 0.241 e. The highest BCUT2D eigenvalue weighted by atomic mass is 35.5. The van der Waals surface area contributed by atoms with Crippen LogP contribution in [-0.2, 0) is 16.0 Å². The lowest BCUT2D eigenvalue weighted by atomic mass is 10.1. The molecule has 0 spiro atoms. The van der Waals surface area contributed by atoms with Crippen LogP contribution in [0.25, 0.3) is 0 Å². The second kappa shape index (κ2) is 8.39. The number of likely N-dealkylation sites (tertiary alicyclic amines) is 1.